The van der Waals surface area contributed by atoms with Gasteiger partial charge in [0.15, 0.2) is 0 Å². The molecular formula is C17H26N2O2. The Bertz CT molecular complexity index is 512. The van der Waals surface area contributed by atoms with Crippen molar-refractivity contribution >= 4 is 5.91 Å². The van der Waals surface area contributed by atoms with Crippen molar-refractivity contribution in [2.75, 3.05) is 20.2 Å². The summed E-state index contributed by atoms with van der Waals surface area (Å²) in [5, 5.41) is 6.26. The van der Waals surface area contributed by atoms with Gasteiger partial charge in [0.25, 0.3) is 0 Å². The minimum Gasteiger partial charge on any atom is -0.493 e. The summed E-state index contributed by atoms with van der Waals surface area (Å²) in [4.78, 5) is 11.9. The van der Waals surface area contributed by atoms with Gasteiger partial charge in [0.1, 0.15) is 5.75 Å². The number of carbonyl (C=O) groups excluding carboxylic acids is 1. The number of fused-ring (bicyclic) bond motifs is 1. The lowest BCUT2D eigenvalue weighted by atomic mass is 9.91. The summed E-state index contributed by atoms with van der Waals surface area (Å²) in [6, 6.07) is 6.68. The molecule has 4 nitrogen and oxygen atoms in total. The normalized spacial score (nSPS) is 15.2. The number of hydrogen-bond donors (Lipinski definition) is 2. The number of nitrogens with one attached hydrogen (secondary N) is 2. The zero-order chi connectivity index (χ0) is 15.5. The van der Waals surface area contributed by atoms with Gasteiger partial charge in [0, 0.05) is 26.1 Å². The van der Waals surface area contributed by atoms with E-state index < -0.39 is 5.41 Å². The number of benzene rings is 1. The lowest BCUT2D eigenvalue weighted by Gasteiger charge is -2.27. The van der Waals surface area contributed by atoms with Crippen LogP contribution in [0.1, 0.15) is 44.4 Å². The molecule has 0 radical (unpaired) electrons. The number of ether oxygens (including phenoxy) is 1. The molecule has 2 rings (SSSR count). The van der Waals surface area contributed by atoms with Crippen LogP contribution in [-0.4, -0.2) is 26.1 Å². The van der Waals surface area contributed by atoms with Gasteiger partial charge in [-0.2, -0.15) is 0 Å². The second kappa shape index (κ2) is 6.48. The first kappa shape index (κ1) is 15.8. The fourth-order valence-electron chi connectivity index (χ4n) is 2.72. The Morgan fingerprint density at radius 3 is 2.86 bits per heavy atom. The third-order valence-corrected chi connectivity index (χ3v) is 4.16. The molecule has 1 unspecified atom stereocenters. The maximum absolute atomic E-state index is 11.9. The van der Waals surface area contributed by atoms with Crippen molar-refractivity contribution in [2.24, 2.45) is 5.41 Å². The highest BCUT2D eigenvalue weighted by molar-refractivity contribution is 5.81. The van der Waals surface area contributed by atoms with E-state index in [0.717, 1.165) is 25.2 Å². The molecule has 1 aromatic rings. The van der Waals surface area contributed by atoms with Gasteiger partial charge in [0.05, 0.1) is 12.0 Å². The molecule has 0 fully saturated rings. The average molecular weight is 290 g/mol. The minimum absolute atomic E-state index is 0.0622. The average Bonchev–Trinajstić information content (AvgIpc) is 2.94. The maximum atomic E-state index is 11.9. The molecule has 0 aromatic heterocycles. The Kier molecular flexibility index (Phi) is 4.88. The van der Waals surface area contributed by atoms with Crippen LogP contribution in [0.25, 0.3) is 0 Å². The molecule has 0 saturated heterocycles. The van der Waals surface area contributed by atoms with Crippen molar-refractivity contribution in [1.82, 2.24) is 10.6 Å². The van der Waals surface area contributed by atoms with Crippen molar-refractivity contribution in [3.05, 3.63) is 29.3 Å². The predicted octanol–water partition coefficient (Wildman–Crippen LogP) is 2.43. The van der Waals surface area contributed by atoms with E-state index in [9.17, 15) is 4.79 Å². The van der Waals surface area contributed by atoms with Gasteiger partial charge < -0.3 is 15.4 Å². The third kappa shape index (κ3) is 3.56. The number of carbonyl (C=O) groups is 1. The van der Waals surface area contributed by atoms with Gasteiger partial charge in [0.2, 0.25) is 5.91 Å². The molecular weight excluding hydrogens is 264 g/mol. The standard InChI is InChI=1S/C17H26N2O2/c1-5-14(19-11-17(2,3)16(20)18-4)12-6-7-15-13(10-12)8-9-21-15/h6-7,10,14,19H,5,8-9,11H2,1-4H3,(H,18,20). The summed E-state index contributed by atoms with van der Waals surface area (Å²) in [6.07, 6.45) is 1.98. The first-order chi connectivity index (χ1) is 9.97. The second-order valence-electron chi connectivity index (χ2n) is 6.27. The van der Waals surface area contributed by atoms with Gasteiger partial charge in [-0.05, 0) is 37.5 Å². The summed E-state index contributed by atoms with van der Waals surface area (Å²) >= 11 is 0. The van der Waals surface area contributed by atoms with E-state index in [2.05, 4.69) is 35.8 Å². The third-order valence-electron chi connectivity index (χ3n) is 4.16. The SMILES string of the molecule is CCC(NCC(C)(C)C(=O)NC)c1ccc2c(c1)CCO2. The molecule has 1 atom stereocenters. The zero-order valence-corrected chi connectivity index (χ0v) is 13.5. The number of hydrogen-bond acceptors (Lipinski definition) is 3. The molecule has 1 amide bonds. The summed E-state index contributed by atoms with van der Waals surface area (Å²) in [5.41, 5.74) is 2.15. The van der Waals surface area contributed by atoms with Gasteiger partial charge in [-0.15, -0.1) is 0 Å². The van der Waals surface area contributed by atoms with Crippen LogP contribution in [0.15, 0.2) is 18.2 Å². The van der Waals surface area contributed by atoms with E-state index >= 15 is 0 Å². The van der Waals surface area contributed by atoms with Crippen LogP contribution in [0, 0.1) is 5.41 Å². The first-order valence-electron chi connectivity index (χ1n) is 7.69. The molecule has 1 aromatic carbocycles. The monoisotopic (exact) mass is 290 g/mol. The molecule has 21 heavy (non-hydrogen) atoms. The maximum Gasteiger partial charge on any atom is 0.226 e. The van der Waals surface area contributed by atoms with Crippen LogP contribution in [0.2, 0.25) is 0 Å². The van der Waals surface area contributed by atoms with Crippen LogP contribution >= 0.6 is 0 Å². The van der Waals surface area contributed by atoms with Crippen LogP contribution in [0.4, 0.5) is 0 Å². The van der Waals surface area contributed by atoms with Crippen molar-refractivity contribution in [2.45, 2.75) is 39.7 Å². The lowest BCUT2D eigenvalue weighted by molar-refractivity contribution is -0.128. The Hall–Kier alpha value is -1.55. The van der Waals surface area contributed by atoms with E-state index in [1.54, 1.807) is 7.05 Å². The summed E-state index contributed by atoms with van der Waals surface area (Å²) < 4.78 is 5.55. The highest BCUT2D eigenvalue weighted by atomic mass is 16.5. The van der Waals surface area contributed by atoms with E-state index in [0.29, 0.717) is 6.54 Å². The Morgan fingerprint density at radius 2 is 2.19 bits per heavy atom. The van der Waals surface area contributed by atoms with Crippen LogP contribution < -0.4 is 15.4 Å². The van der Waals surface area contributed by atoms with Crippen molar-refractivity contribution in [1.29, 1.82) is 0 Å². The van der Waals surface area contributed by atoms with Gasteiger partial charge in [-0.25, -0.2) is 0 Å². The Labute approximate surface area is 127 Å². The summed E-state index contributed by atoms with van der Waals surface area (Å²) in [6.45, 7) is 7.52. The van der Waals surface area contributed by atoms with Gasteiger partial charge in [-0.3, -0.25) is 4.79 Å². The number of rotatable bonds is 6. The van der Waals surface area contributed by atoms with Crippen LogP contribution in [0.5, 0.6) is 5.75 Å². The number of amides is 1. The smallest absolute Gasteiger partial charge is 0.226 e. The van der Waals surface area contributed by atoms with E-state index in [4.69, 9.17) is 4.74 Å². The van der Waals surface area contributed by atoms with Crippen LogP contribution in [0.3, 0.4) is 0 Å². The largest absolute Gasteiger partial charge is 0.493 e. The van der Waals surface area contributed by atoms with Gasteiger partial charge >= 0.3 is 0 Å². The first-order valence-corrected chi connectivity index (χ1v) is 7.69. The fourth-order valence-corrected chi connectivity index (χ4v) is 2.72. The Morgan fingerprint density at radius 1 is 1.43 bits per heavy atom. The molecule has 4 heteroatoms. The molecule has 1 aliphatic heterocycles. The Balaban J connectivity index is 2.05. The van der Waals surface area contributed by atoms with Crippen molar-refractivity contribution < 1.29 is 9.53 Å². The topological polar surface area (TPSA) is 50.4 Å². The van der Waals surface area contributed by atoms with Crippen LogP contribution in [-0.2, 0) is 11.2 Å². The predicted molar refractivity (Wildman–Crippen MR) is 84.5 cm³/mol. The molecule has 0 aliphatic carbocycles. The van der Waals surface area contributed by atoms with Crippen molar-refractivity contribution in [3.63, 3.8) is 0 Å². The van der Waals surface area contributed by atoms with Crippen molar-refractivity contribution in [3.8, 4) is 5.75 Å². The highest BCUT2D eigenvalue weighted by Gasteiger charge is 2.27. The highest BCUT2D eigenvalue weighted by Crippen LogP contribution is 2.29. The molecule has 1 aliphatic rings. The molecule has 1 heterocycles. The molecule has 116 valence electrons. The molecule has 0 spiro atoms. The molecule has 0 saturated carbocycles. The molecule has 0 bridgehead atoms. The fraction of sp³-hybridized carbons (Fsp3) is 0.588. The minimum atomic E-state index is -0.415. The summed E-state index contributed by atoms with van der Waals surface area (Å²) in [5.74, 6) is 1.08. The summed E-state index contributed by atoms with van der Waals surface area (Å²) in [7, 11) is 1.68. The quantitative estimate of drug-likeness (QED) is 0.846. The molecule has 2 N–H and O–H groups in total. The van der Waals surface area contributed by atoms with Gasteiger partial charge in [-0.1, -0.05) is 19.1 Å². The second-order valence-corrected chi connectivity index (χ2v) is 6.27. The van der Waals surface area contributed by atoms with E-state index in [-0.39, 0.29) is 11.9 Å². The zero-order valence-electron chi connectivity index (χ0n) is 13.5. The lowest BCUT2D eigenvalue weighted by Crippen LogP contribution is -2.42. The van der Waals surface area contributed by atoms with E-state index in [1.165, 1.54) is 11.1 Å². The van der Waals surface area contributed by atoms with E-state index in [1.807, 2.05) is 13.8 Å².